The molecule has 3 aliphatic carbocycles. The zero-order valence-electron chi connectivity index (χ0n) is 9.24. The van der Waals surface area contributed by atoms with Crippen LogP contribution < -0.4 is 5.73 Å². The lowest BCUT2D eigenvalue weighted by atomic mass is 9.54. The van der Waals surface area contributed by atoms with Crippen LogP contribution in [0.15, 0.2) is 12.2 Å². The molecular formula is C12H17NO3. The quantitative estimate of drug-likeness (QED) is 0.710. The molecule has 0 aliphatic heterocycles. The molecule has 88 valence electrons. The van der Waals surface area contributed by atoms with E-state index in [1.54, 1.807) is 0 Å². The van der Waals surface area contributed by atoms with Crippen LogP contribution in [-0.4, -0.2) is 17.0 Å². The Morgan fingerprint density at radius 1 is 1.06 bits per heavy atom. The molecule has 4 heteroatoms. The van der Waals surface area contributed by atoms with Gasteiger partial charge in [0.1, 0.15) is 0 Å². The summed E-state index contributed by atoms with van der Waals surface area (Å²) in [5.41, 5.74) is 4.64. The monoisotopic (exact) mass is 223 g/mol. The highest BCUT2D eigenvalue weighted by atomic mass is 16.4. The number of carboxylic acids is 1. The molecule has 16 heavy (non-hydrogen) atoms. The molecule has 0 heterocycles. The first-order chi connectivity index (χ1) is 7.48. The molecule has 3 fully saturated rings. The highest BCUT2D eigenvalue weighted by Crippen LogP contribution is 2.57. The van der Waals surface area contributed by atoms with Crippen molar-refractivity contribution in [3.63, 3.8) is 0 Å². The Kier molecular flexibility index (Phi) is 2.52. The second-order valence-electron chi connectivity index (χ2n) is 5.18. The molecule has 2 bridgehead atoms. The van der Waals surface area contributed by atoms with Gasteiger partial charge in [0.25, 0.3) is 0 Å². The lowest BCUT2D eigenvalue weighted by Crippen LogP contribution is -2.45. The SMILES string of the molecule is NC(=O)/C=C/C12CCC(C(=O)O)(CC1)CC2. The molecule has 0 aromatic rings. The summed E-state index contributed by atoms with van der Waals surface area (Å²) < 4.78 is 0. The summed E-state index contributed by atoms with van der Waals surface area (Å²) in [6, 6.07) is 0. The maximum Gasteiger partial charge on any atom is 0.309 e. The third kappa shape index (κ3) is 1.72. The molecule has 0 spiro atoms. The van der Waals surface area contributed by atoms with Crippen molar-refractivity contribution in [1.82, 2.24) is 0 Å². The van der Waals surface area contributed by atoms with E-state index in [9.17, 15) is 14.7 Å². The first-order valence-corrected chi connectivity index (χ1v) is 5.70. The molecule has 4 nitrogen and oxygen atoms in total. The summed E-state index contributed by atoms with van der Waals surface area (Å²) in [6.45, 7) is 0. The van der Waals surface area contributed by atoms with Crippen molar-refractivity contribution in [2.24, 2.45) is 16.6 Å². The fourth-order valence-electron chi connectivity index (χ4n) is 3.04. The highest BCUT2D eigenvalue weighted by molar-refractivity contribution is 5.85. The first-order valence-electron chi connectivity index (χ1n) is 5.70. The minimum atomic E-state index is -0.653. The molecule has 0 unspecified atom stereocenters. The molecule has 3 aliphatic rings. The van der Waals surface area contributed by atoms with Gasteiger partial charge >= 0.3 is 5.97 Å². The highest BCUT2D eigenvalue weighted by Gasteiger charge is 2.51. The second kappa shape index (κ2) is 3.61. The number of allylic oxidation sites excluding steroid dienone is 1. The van der Waals surface area contributed by atoms with Crippen molar-refractivity contribution in [2.45, 2.75) is 38.5 Å². The lowest BCUT2D eigenvalue weighted by molar-refractivity contribution is -0.157. The summed E-state index contributed by atoms with van der Waals surface area (Å²) in [4.78, 5) is 21.9. The van der Waals surface area contributed by atoms with Crippen LogP contribution in [0, 0.1) is 10.8 Å². The molecule has 0 aromatic carbocycles. The van der Waals surface area contributed by atoms with Gasteiger partial charge in [-0.3, -0.25) is 9.59 Å². The smallest absolute Gasteiger partial charge is 0.309 e. The lowest BCUT2D eigenvalue weighted by Gasteiger charge is -2.50. The van der Waals surface area contributed by atoms with Crippen LogP contribution in [0.1, 0.15) is 38.5 Å². The second-order valence-corrected chi connectivity index (χ2v) is 5.18. The van der Waals surface area contributed by atoms with Crippen molar-refractivity contribution in [3.05, 3.63) is 12.2 Å². The normalized spacial score (nSPS) is 37.8. The standard InChI is InChI=1S/C12H17NO3/c13-9(14)1-2-11-3-6-12(7-4-11,8-5-11)10(15)16/h1-2H,3-8H2,(H2,13,14)(H,15,16)/b2-1+. The number of carbonyl (C=O) groups excluding carboxylic acids is 1. The Labute approximate surface area is 94.5 Å². The largest absolute Gasteiger partial charge is 0.481 e. The van der Waals surface area contributed by atoms with E-state index in [-0.39, 0.29) is 5.41 Å². The van der Waals surface area contributed by atoms with Gasteiger partial charge in [-0.1, -0.05) is 6.08 Å². The summed E-state index contributed by atoms with van der Waals surface area (Å²) in [5.74, 6) is -1.07. The molecule has 0 atom stereocenters. The average molecular weight is 223 g/mol. The number of rotatable bonds is 3. The fraction of sp³-hybridized carbons (Fsp3) is 0.667. The molecule has 0 aromatic heterocycles. The predicted octanol–water partition coefficient (Wildman–Crippen LogP) is 1.45. The van der Waals surface area contributed by atoms with Crippen molar-refractivity contribution in [2.75, 3.05) is 0 Å². The number of primary amides is 1. The maximum absolute atomic E-state index is 11.2. The number of aliphatic carboxylic acids is 1. The van der Waals surface area contributed by atoms with E-state index < -0.39 is 17.3 Å². The Bertz CT molecular complexity index is 335. The van der Waals surface area contributed by atoms with Crippen LogP contribution in [0.2, 0.25) is 0 Å². The third-order valence-corrected chi connectivity index (χ3v) is 4.36. The van der Waals surface area contributed by atoms with Gasteiger partial charge in [-0.25, -0.2) is 0 Å². The van der Waals surface area contributed by atoms with E-state index in [2.05, 4.69) is 0 Å². The van der Waals surface area contributed by atoms with Gasteiger partial charge in [-0.15, -0.1) is 0 Å². The molecule has 1 amide bonds. The van der Waals surface area contributed by atoms with Crippen LogP contribution in [0.25, 0.3) is 0 Å². The van der Waals surface area contributed by atoms with E-state index in [1.807, 2.05) is 6.08 Å². The fourth-order valence-corrected chi connectivity index (χ4v) is 3.04. The van der Waals surface area contributed by atoms with Gasteiger partial charge in [-0.2, -0.15) is 0 Å². The van der Waals surface area contributed by atoms with Crippen LogP contribution in [0.4, 0.5) is 0 Å². The minimum absolute atomic E-state index is 0.0340. The van der Waals surface area contributed by atoms with Crippen molar-refractivity contribution in [1.29, 1.82) is 0 Å². The Morgan fingerprint density at radius 2 is 1.56 bits per heavy atom. The summed E-state index contributed by atoms with van der Waals surface area (Å²) in [6.07, 6.45) is 8.11. The Morgan fingerprint density at radius 3 is 1.94 bits per heavy atom. The van der Waals surface area contributed by atoms with Crippen molar-refractivity contribution >= 4 is 11.9 Å². The van der Waals surface area contributed by atoms with E-state index in [4.69, 9.17) is 5.73 Å². The molecular weight excluding hydrogens is 206 g/mol. The number of nitrogens with two attached hydrogens (primary N) is 1. The molecule has 0 saturated heterocycles. The summed E-state index contributed by atoms with van der Waals surface area (Å²) in [5, 5.41) is 9.22. The van der Waals surface area contributed by atoms with Crippen molar-refractivity contribution < 1.29 is 14.7 Å². The van der Waals surface area contributed by atoms with Crippen LogP contribution in [-0.2, 0) is 9.59 Å². The summed E-state index contributed by atoms with van der Waals surface area (Å²) in [7, 11) is 0. The van der Waals surface area contributed by atoms with Crippen LogP contribution in [0.5, 0.6) is 0 Å². The van der Waals surface area contributed by atoms with E-state index in [0.29, 0.717) is 0 Å². The molecule has 3 saturated carbocycles. The van der Waals surface area contributed by atoms with Gasteiger partial charge < -0.3 is 10.8 Å². The summed E-state index contributed by atoms with van der Waals surface area (Å²) >= 11 is 0. The van der Waals surface area contributed by atoms with Gasteiger partial charge in [-0.05, 0) is 50.0 Å². The number of carbonyl (C=O) groups is 2. The van der Waals surface area contributed by atoms with Gasteiger partial charge in [0.2, 0.25) is 5.91 Å². The van der Waals surface area contributed by atoms with Gasteiger partial charge in [0.15, 0.2) is 0 Å². The number of hydrogen-bond donors (Lipinski definition) is 2. The van der Waals surface area contributed by atoms with E-state index in [0.717, 1.165) is 38.5 Å². The number of carboxylic acid groups (broad SMARTS) is 1. The Balaban J connectivity index is 2.11. The molecule has 3 rings (SSSR count). The van der Waals surface area contributed by atoms with Gasteiger partial charge in [0, 0.05) is 0 Å². The molecule has 3 N–H and O–H groups in total. The van der Waals surface area contributed by atoms with E-state index >= 15 is 0 Å². The zero-order valence-corrected chi connectivity index (χ0v) is 9.24. The minimum Gasteiger partial charge on any atom is -0.481 e. The maximum atomic E-state index is 11.2. The van der Waals surface area contributed by atoms with Crippen LogP contribution in [0.3, 0.4) is 0 Å². The zero-order chi connectivity index (χ0) is 11.8. The average Bonchev–Trinajstić information content (AvgIpc) is 2.29. The number of fused-ring (bicyclic) bond motifs is 3. The number of amides is 1. The topological polar surface area (TPSA) is 80.4 Å². The van der Waals surface area contributed by atoms with E-state index in [1.165, 1.54) is 6.08 Å². The predicted molar refractivity (Wildman–Crippen MR) is 58.5 cm³/mol. The van der Waals surface area contributed by atoms with Gasteiger partial charge in [0.05, 0.1) is 5.41 Å². The third-order valence-electron chi connectivity index (χ3n) is 4.36. The number of hydrogen-bond acceptors (Lipinski definition) is 2. The first kappa shape index (κ1) is 11.2. The molecule has 0 radical (unpaired) electrons. The Hall–Kier alpha value is -1.32. The van der Waals surface area contributed by atoms with Crippen LogP contribution >= 0.6 is 0 Å². The van der Waals surface area contributed by atoms with Crippen molar-refractivity contribution in [3.8, 4) is 0 Å².